The van der Waals surface area contributed by atoms with Gasteiger partial charge in [-0.05, 0) is 36.3 Å². The van der Waals surface area contributed by atoms with E-state index in [2.05, 4.69) is 40.0 Å². The monoisotopic (exact) mass is 223 g/mol. The Labute approximate surface area is 80.0 Å². The van der Waals surface area contributed by atoms with Crippen molar-refractivity contribution >= 4 is 26.5 Å². The molecule has 0 aromatic carbocycles. The highest BCUT2D eigenvalue weighted by Gasteiger charge is 2.02. The maximum absolute atomic E-state index is 4.26. The van der Waals surface area contributed by atoms with Crippen molar-refractivity contribution in [1.29, 1.82) is 0 Å². The van der Waals surface area contributed by atoms with Crippen LogP contribution in [0.5, 0.6) is 0 Å². The quantitative estimate of drug-likeness (QED) is 0.650. The van der Waals surface area contributed by atoms with Gasteiger partial charge in [-0.3, -0.25) is 4.98 Å². The molecule has 2 heteroatoms. The van der Waals surface area contributed by atoms with Gasteiger partial charge < -0.3 is 0 Å². The SMILES string of the molecule is Cc1nccc2c1=CCCC=2Br. The van der Waals surface area contributed by atoms with Crippen LogP contribution in [0.4, 0.5) is 0 Å². The fourth-order valence-electron chi connectivity index (χ4n) is 1.55. The van der Waals surface area contributed by atoms with Gasteiger partial charge in [0.2, 0.25) is 0 Å². The lowest BCUT2D eigenvalue weighted by Crippen LogP contribution is -2.31. The molecule has 1 nitrogen and oxygen atoms in total. The molecule has 0 aliphatic heterocycles. The molecule has 0 saturated heterocycles. The van der Waals surface area contributed by atoms with E-state index < -0.39 is 0 Å². The maximum Gasteiger partial charge on any atom is 0.0447 e. The molecule has 2 rings (SSSR count). The van der Waals surface area contributed by atoms with E-state index in [1.807, 2.05) is 6.20 Å². The molecule has 1 aromatic heterocycles. The average Bonchev–Trinajstić information content (AvgIpc) is 2.07. The molecule has 0 saturated carbocycles. The smallest absolute Gasteiger partial charge is 0.0447 e. The van der Waals surface area contributed by atoms with Gasteiger partial charge in [-0.25, -0.2) is 0 Å². The van der Waals surface area contributed by atoms with Crippen molar-refractivity contribution in [2.45, 2.75) is 19.8 Å². The molecule has 0 amide bonds. The van der Waals surface area contributed by atoms with Gasteiger partial charge in [0.15, 0.2) is 0 Å². The highest BCUT2D eigenvalue weighted by atomic mass is 79.9. The summed E-state index contributed by atoms with van der Waals surface area (Å²) in [4.78, 5) is 4.26. The standard InChI is InChI=1S/C10H10BrN/c1-7-8-3-2-4-10(11)9(8)5-6-12-7/h3,5-6H,2,4H2,1H3. The summed E-state index contributed by atoms with van der Waals surface area (Å²) in [6.07, 6.45) is 6.38. The van der Waals surface area contributed by atoms with E-state index in [0.29, 0.717) is 0 Å². The molecule has 0 radical (unpaired) electrons. The summed E-state index contributed by atoms with van der Waals surface area (Å²) < 4.78 is 1.31. The third-order valence-corrected chi connectivity index (χ3v) is 3.02. The van der Waals surface area contributed by atoms with Gasteiger partial charge >= 0.3 is 0 Å². The lowest BCUT2D eigenvalue weighted by atomic mass is 10.1. The summed E-state index contributed by atoms with van der Waals surface area (Å²) >= 11 is 3.59. The van der Waals surface area contributed by atoms with E-state index >= 15 is 0 Å². The molecule has 12 heavy (non-hydrogen) atoms. The van der Waals surface area contributed by atoms with Gasteiger partial charge in [-0.2, -0.15) is 0 Å². The van der Waals surface area contributed by atoms with E-state index in [-0.39, 0.29) is 0 Å². The van der Waals surface area contributed by atoms with Crippen molar-refractivity contribution in [2.75, 3.05) is 0 Å². The molecule has 62 valence electrons. The van der Waals surface area contributed by atoms with Gasteiger partial charge in [0.05, 0.1) is 0 Å². The third-order valence-electron chi connectivity index (χ3n) is 2.19. The minimum Gasteiger partial charge on any atom is -0.261 e. The van der Waals surface area contributed by atoms with Crippen molar-refractivity contribution in [3.63, 3.8) is 0 Å². The fourth-order valence-corrected chi connectivity index (χ4v) is 2.12. The van der Waals surface area contributed by atoms with Crippen LogP contribution in [0.1, 0.15) is 18.5 Å². The predicted molar refractivity (Wildman–Crippen MR) is 54.3 cm³/mol. The lowest BCUT2D eigenvalue weighted by Gasteiger charge is -2.05. The Hall–Kier alpha value is -0.630. The van der Waals surface area contributed by atoms with Gasteiger partial charge in [-0.15, -0.1) is 0 Å². The van der Waals surface area contributed by atoms with Crippen LogP contribution in [0, 0.1) is 6.92 Å². The maximum atomic E-state index is 4.26. The number of aryl methyl sites for hydroxylation is 1. The summed E-state index contributed by atoms with van der Waals surface area (Å²) in [5, 5.41) is 2.62. The first-order valence-corrected chi connectivity index (χ1v) is 4.89. The van der Waals surface area contributed by atoms with Gasteiger partial charge in [0, 0.05) is 16.4 Å². The highest BCUT2D eigenvalue weighted by molar-refractivity contribution is 9.14. The number of pyridine rings is 1. The van der Waals surface area contributed by atoms with Gasteiger partial charge in [0.1, 0.15) is 0 Å². The van der Waals surface area contributed by atoms with Crippen molar-refractivity contribution < 1.29 is 0 Å². The second-order valence-corrected chi connectivity index (χ2v) is 3.96. The van der Waals surface area contributed by atoms with Crippen LogP contribution in [0.3, 0.4) is 0 Å². The van der Waals surface area contributed by atoms with Crippen molar-refractivity contribution in [3.05, 3.63) is 28.4 Å². The first-order valence-electron chi connectivity index (χ1n) is 4.09. The van der Waals surface area contributed by atoms with Crippen LogP contribution in [0.15, 0.2) is 12.3 Å². The summed E-state index contributed by atoms with van der Waals surface area (Å²) in [6.45, 7) is 2.06. The predicted octanol–water partition coefficient (Wildman–Crippen LogP) is 1.47. The molecule has 1 heterocycles. The first-order chi connectivity index (χ1) is 5.79. The molecule has 0 fully saturated rings. The van der Waals surface area contributed by atoms with E-state index in [1.54, 1.807) is 0 Å². The number of hydrogen-bond acceptors (Lipinski definition) is 1. The van der Waals surface area contributed by atoms with Crippen molar-refractivity contribution in [1.82, 2.24) is 4.98 Å². The van der Waals surface area contributed by atoms with Crippen molar-refractivity contribution in [3.8, 4) is 0 Å². The van der Waals surface area contributed by atoms with Crippen molar-refractivity contribution in [2.24, 2.45) is 0 Å². The van der Waals surface area contributed by atoms with Crippen LogP contribution in [-0.2, 0) is 0 Å². The second-order valence-electron chi connectivity index (χ2n) is 3.01. The number of halogens is 1. The molecule has 0 unspecified atom stereocenters. The molecule has 0 spiro atoms. The minimum atomic E-state index is 1.12. The van der Waals surface area contributed by atoms with Crippen LogP contribution < -0.4 is 10.4 Å². The molecular weight excluding hydrogens is 214 g/mol. The minimum absolute atomic E-state index is 1.12. The number of hydrogen-bond donors (Lipinski definition) is 0. The molecule has 0 N–H and O–H groups in total. The summed E-state index contributed by atoms with van der Waals surface area (Å²) in [7, 11) is 0. The number of fused-ring (bicyclic) bond motifs is 1. The zero-order valence-corrected chi connectivity index (χ0v) is 8.56. The number of aromatic nitrogens is 1. The van der Waals surface area contributed by atoms with E-state index in [1.165, 1.54) is 14.9 Å². The van der Waals surface area contributed by atoms with E-state index in [0.717, 1.165) is 18.5 Å². The van der Waals surface area contributed by atoms with Crippen LogP contribution in [0.2, 0.25) is 0 Å². The fraction of sp³-hybridized carbons (Fsp3) is 0.300. The topological polar surface area (TPSA) is 12.9 Å². The molecular formula is C10H10BrN. The van der Waals surface area contributed by atoms with Gasteiger partial charge in [0.25, 0.3) is 0 Å². The lowest BCUT2D eigenvalue weighted by molar-refractivity contribution is 1.07. The Balaban J connectivity index is 2.93. The Bertz CT molecular complexity index is 420. The normalized spacial score (nSPS) is 15.3. The molecule has 1 aliphatic rings. The molecule has 0 atom stereocenters. The number of nitrogens with zero attached hydrogens (tertiary/aromatic N) is 1. The Morgan fingerprint density at radius 1 is 1.50 bits per heavy atom. The van der Waals surface area contributed by atoms with Crippen LogP contribution >= 0.6 is 15.9 Å². The Morgan fingerprint density at radius 3 is 3.08 bits per heavy atom. The van der Waals surface area contributed by atoms with Gasteiger partial charge in [-0.1, -0.05) is 22.0 Å². The van der Waals surface area contributed by atoms with E-state index in [4.69, 9.17) is 0 Å². The number of rotatable bonds is 0. The third kappa shape index (κ3) is 1.20. The largest absolute Gasteiger partial charge is 0.261 e. The first kappa shape index (κ1) is 7.99. The average molecular weight is 224 g/mol. The zero-order chi connectivity index (χ0) is 8.55. The Kier molecular flexibility index (Phi) is 2.01. The summed E-state index contributed by atoms with van der Waals surface area (Å²) in [5.74, 6) is 0. The molecule has 0 bridgehead atoms. The second kappa shape index (κ2) is 3.02. The van der Waals surface area contributed by atoms with Crippen LogP contribution in [0.25, 0.3) is 10.6 Å². The molecule has 1 aromatic rings. The summed E-state index contributed by atoms with van der Waals surface area (Å²) in [5.41, 5.74) is 1.13. The van der Waals surface area contributed by atoms with E-state index in [9.17, 15) is 0 Å². The summed E-state index contributed by atoms with van der Waals surface area (Å²) in [6, 6.07) is 2.07. The Morgan fingerprint density at radius 2 is 2.33 bits per heavy atom. The zero-order valence-electron chi connectivity index (χ0n) is 6.97. The highest BCUT2D eigenvalue weighted by Crippen LogP contribution is 2.14. The van der Waals surface area contributed by atoms with Crippen LogP contribution in [-0.4, -0.2) is 4.98 Å². The molecule has 1 aliphatic carbocycles.